The molecular weight excluding hydrogens is 446 g/mol. The van der Waals surface area contributed by atoms with E-state index in [1.165, 1.54) is 24.3 Å². The topological polar surface area (TPSA) is 158 Å². The van der Waals surface area contributed by atoms with Crippen LogP contribution in [0.2, 0.25) is 0 Å². The molecule has 0 atom stereocenters. The van der Waals surface area contributed by atoms with Gasteiger partial charge in [-0.3, -0.25) is 24.5 Å². The highest BCUT2D eigenvalue weighted by molar-refractivity contribution is 5.98. The quantitative estimate of drug-likeness (QED) is 0.299. The second-order valence-electron chi connectivity index (χ2n) is 7.34. The number of hydrogen-bond donors (Lipinski definition) is 1. The number of hydrogen-bond acceptors (Lipinski definition) is 9. The van der Waals surface area contributed by atoms with Crippen LogP contribution in [0.4, 0.5) is 11.4 Å². The first-order valence-electron chi connectivity index (χ1n) is 10.3. The summed E-state index contributed by atoms with van der Waals surface area (Å²) in [5, 5.41) is 20.8. The van der Waals surface area contributed by atoms with Gasteiger partial charge in [0.1, 0.15) is 6.54 Å². The standard InChI is InChI=1S/C22H19N5O7/c28-19-2-1-11-26(19)16-7-3-14(4-8-16)21(30)23-12-20(29)33-13-18-24-25-22(34-18)15-5-9-17(10-6-15)27(31)32/h3-10H,1-2,11-13H2,(H,23,30). The number of esters is 1. The average Bonchev–Trinajstić information content (AvgIpc) is 3.50. The van der Waals surface area contributed by atoms with Crippen molar-refractivity contribution in [2.24, 2.45) is 0 Å². The number of ether oxygens (including phenoxy) is 1. The molecule has 12 nitrogen and oxygen atoms in total. The van der Waals surface area contributed by atoms with Crippen LogP contribution in [0.5, 0.6) is 0 Å². The molecule has 0 radical (unpaired) electrons. The number of carbonyl (C=O) groups excluding carboxylic acids is 3. The lowest BCUT2D eigenvalue weighted by atomic mass is 10.2. The van der Waals surface area contributed by atoms with Gasteiger partial charge in [-0.15, -0.1) is 10.2 Å². The molecule has 0 unspecified atom stereocenters. The first-order chi connectivity index (χ1) is 16.4. The molecular formula is C22H19N5O7. The van der Waals surface area contributed by atoms with Gasteiger partial charge in [0, 0.05) is 41.9 Å². The van der Waals surface area contributed by atoms with E-state index in [0.717, 1.165) is 12.1 Å². The molecule has 1 saturated heterocycles. The van der Waals surface area contributed by atoms with Crippen molar-refractivity contribution < 1.29 is 28.5 Å². The van der Waals surface area contributed by atoms with Crippen LogP contribution < -0.4 is 10.2 Å². The summed E-state index contributed by atoms with van der Waals surface area (Å²) in [6, 6.07) is 12.1. The van der Waals surface area contributed by atoms with Crippen molar-refractivity contribution in [1.82, 2.24) is 15.5 Å². The number of carbonyl (C=O) groups is 3. The Bertz CT molecular complexity index is 1220. The van der Waals surface area contributed by atoms with Crippen LogP contribution in [0, 0.1) is 10.1 Å². The second kappa shape index (κ2) is 9.90. The summed E-state index contributed by atoms with van der Waals surface area (Å²) in [6.45, 7) is -0.00653. The van der Waals surface area contributed by atoms with E-state index >= 15 is 0 Å². The Morgan fingerprint density at radius 1 is 1.12 bits per heavy atom. The zero-order valence-electron chi connectivity index (χ0n) is 17.8. The maximum Gasteiger partial charge on any atom is 0.325 e. The molecule has 0 bridgehead atoms. The van der Waals surface area contributed by atoms with Gasteiger partial charge in [0.15, 0.2) is 6.61 Å². The number of anilines is 1. The zero-order valence-corrected chi connectivity index (χ0v) is 17.8. The molecule has 2 heterocycles. The first-order valence-corrected chi connectivity index (χ1v) is 10.3. The van der Waals surface area contributed by atoms with E-state index in [2.05, 4.69) is 15.5 Å². The Balaban J connectivity index is 1.24. The fourth-order valence-electron chi connectivity index (χ4n) is 3.32. The smallest absolute Gasteiger partial charge is 0.325 e. The van der Waals surface area contributed by atoms with Gasteiger partial charge in [-0.05, 0) is 42.8 Å². The predicted molar refractivity (Wildman–Crippen MR) is 117 cm³/mol. The van der Waals surface area contributed by atoms with Crippen molar-refractivity contribution in [1.29, 1.82) is 0 Å². The fraction of sp³-hybridized carbons (Fsp3) is 0.227. The van der Waals surface area contributed by atoms with Crippen LogP contribution in [-0.4, -0.2) is 46.0 Å². The third-order valence-corrected chi connectivity index (χ3v) is 5.06. The molecule has 0 aliphatic carbocycles. The number of aromatic nitrogens is 2. The van der Waals surface area contributed by atoms with E-state index < -0.39 is 16.8 Å². The molecule has 1 aliphatic heterocycles. The lowest BCUT2D eigenvalue weighted by molar-refractivity contribution is -0.384. The van der Waals surface area contributed by atoms with Crippen LogP contribution in [-0.2, 0) is 20.9 Å². The third kappa shape index (κ3) is 5.23. The lowest BCUT2D eigenvalue weighted by Crippen LogP contribution is -2.30. The van der Waals surface area contributed by atoms with Gasteiger partial charge in [0.2, 0.25) is 11.8 Å². The second-order valence-corrected chi connectivity index (χ2v) is 7.34. The van der Waals surface area contributed by atoms with E-state index in [9.17, 15) is 24.5 Å². The first kappa shape index (κ1) is 22.6. The Labute approximate surface area is 192 Å². The number of nitro benzene ring substituents is 1. The Kier molecular flexibility index (Phi) is 6.57. The van der Waals surface area contributed by atoms with Gasteiger partial charge in [0.25, 0.3) is 17.5 Å². The van der Waals surface area contributed by atoms with Gasteiger partial charge in [0.05, 0.1) is 4.92 Å². The maximum atomic E-state index is 12.3. The molecule has 1 N–H and O–H groups in total. The van der Waals surface area contributed by atoms with E-state index in [1.54, 1.807) is 29.2 Å². The van der Waals surface area contributed by atoms with Gasteiger partial charge in [-0.25, -0.2) is 0 Å². The molecule has 2 amide bonds. The number of rotatable bonds is 8. The number of nitro groups is 1. The zero-order chi connectivity index (χ0) is 24.1. The molecule has 12 heteroatoms. The Morgan fingerprint density at radius 3 is 2.50 bits per heavy atom. The van der Waals surface area contributed by atoms with Crippen molar-refractivity contribution in [3.8, 4) is 11.5 Å². The van der Waals surface area contributed by atoms with Gasteiger partial charge < -0.3 is 19.4 Å². The summed E-state index contributed by atoms with van der Waals surface area (Å²) >= 11 is 0. The summed E-state index contributed by atoms with van der Waals surface area (Å²) in [7, 11) is 0. The van der Waals surface area contributed by atoms with E-state index in [1.807, 2.05) is 0 Å². The summed E-state index contributed by atoms with van der Waals surface area (Å²) in [6.07, 6.45) is 1.33. The van der Waals surface area contributed by atoms with E-state index in [4.69, 9.17) is 9.15 Å². The molecule has 1 aliphatic rings. The highest BCUT2D eigenvalue weighted by Crippen LogP contribution is 2.22. The number of amides is 2. The van der Waals surface area contributed by atoms with Crippen molar-refractivity contribution in [3.63, 3.8) is 0 Å². The molecule has 0 spiro atoms. The largest absolute Gasteiger partial charge is 0.454 e. The Hall–Kier alpha value is -4.61. The molecule has 0 saturated carbocycles. The van der Waals surface area contributed by atoms with E-state index in [-0.39, 0.29) is 36.5 Å². The number of non-ortho nitro benzene ring substituents is 1. The van der Waals surface area contributed by atoms with Crippen LogP contribution in [0.3, 0.4) is 0 Å². The van der Waals surface area contributed by atoms with Crippen LogP contribution >= 0.6 is 0 Å². The minimum absolute atomic E-state index is 0.0278. The van der Waals surface area contributed by atoms with E-state index in [0.29, 0.717) is 24.1 Å². The molecule has 2 aromatic carbocycles. The lowest BCUT2D eigenvalue weighted by Gasteiger charge is -2.15. The average molecular weight is 465 g/mol. The van der Waals surface area contributed by atoms with Crippen molar-refractivity contribution in [2.45, 2.75) is 19.4 Å². The minimum atomic E-state index is -0.706. The van der Waals surface area contributed by atoms with Crippen LogP contribution in [0.25, 0.3) is 11.5 Å². The fourth-order valence-corrected chi connectivity index (χ4v) is 3.32. The maximum absolute atomic E-state index is 12.3. The number of nitrogens with zero attached hydrogens (tertiary/aromatic N) is 4. The molecule has 4 rings (SSSR count). The molecule has 1 aromatic heterocycles. The molecule has 174 valence electrons. The Morgan fingerprint density at radius 2 is 1.85 bits per heavy atom. The normalized spacial score (nSPS) is 13.1. The predicted octanol–water partition coefficient (Wildman–Crippen LogP) is 2.24. The minimum Gasteiger partial charge on any atom is -0.454 e. The molecule has 3 aromatic rings. The monoisotopic (exact) mass is 465 g/mol. The third-order valence-electron chi connectivity index (χ3n) is 5.06. The summed E-state index contributed by atoms with van der Waals surface area (Å²) < 4.78 is 10.4. The molecule has 34 heavy (non-hydrogen) atoms. The highest BCUT2D eigenvalue weighted by Gasteiger charge is 2.22. The van der Waals surface area contributed by atoms with Crippen molar-refractivity contribution in [2.75, 3.05) is 18.0 Å². The summed E-state index contributed by atoms with van der Waals surface area (Å²) in [5.74, 6) is -0.966. The highest BCUT2D eigenvalue weighted by atomic mass is 16.6. The summed E-state index contributed by atoms with van der Waals surface area (Å²) in [5.41, 5.74) is 1.47. The van der Waals surface area contributed by atoms with Gasteiger partial charge >= 0.3 is 5.97 Å². The SMILES string of the molecule is O=C(CNC(=O)c1ccc(N2CCCC2=O)cc1)OCc1nnc(-c2ccc([N+](=O)[O-])cc2)o1. The number of benzene rings is 2. The van der Waals surface area contributed by atoms with Crippen LogP contribution in [0.15, 0.2) is 52.9 Å². The van der Waals surface area contributed by atoms with Crippen molar-refractivity contribution in [3.05, 3.63) is 70.1 Å². The summed E-state index contributed by atoms with van der Waals surface area (Å²) in [4.78, 5) is 47.9. The van der Waals surface area contributed by atoms with Crippen molar-refractivity contribution >= 4 is 29.2 Å². The van der Waals surface area contributed by atoms with Gasteiger partial charge in [-0.2, -0.15) is 0 Å². The number of nitrogens with one attached hydrogen (secondary N) is 1. The molecule has 1 fully saturated rings. The van der Waals surface area contributed by atoms with Gasteiger partial charge in [-0.1, -0.05) is 0 Å². The van der Waals surface area contributed by atoms with Crippen LogP contribution in [0.1, 0.15) is 29.1 Å².